The van der Waals surface area contributed by atoms with Crippen LogP contribution >= 0.6 is 0 Å². The van der Waals surface area contributed by atoms with E-state index in [-0.39, 0.29) is 0 Å². The highest BCUT2D eigenvalue weighted by Gasteiger charge is 2.43. The van der Waals surface area contributed by atoms with E-state index in [1.807, 2.05) is 31.5 Å². The van der Waals surface area contributed by atoms with Crippen LogP contribution in [0.3, 0.4) is 0 Å². The summed E-state index contributed by atoms with van der Waals surface area (Å²) in [6.45, 7) is 5.94. The lowest BCUT2D eigenvalue weighted by molar-refractivity contribution is 0.791. The van der Waals surface area contributed by atoms with Crippen molar-refractivity contribution >= 4 is 11.0 Å². The summed E-state index contributed by atoms with van der Waals surface area (Å²) in [5.74, 6) is 3.66. The lowest BCUT2D eigenvalue weighted by Gasteiger charge is -2.08. The van der Waals surface area contributed by atoms with Crippen LogP contribution in [0.25, 0.3) is 16.7 Å². The van der Waals surface area contributed by atoms with E-state index in [1.165, 1.54) is 5.52 Å². The van der Waals surface area contributed by atoms with Crippen LogP contribution in [0.15, 0.2) is 36.4 Å². The molecular weight excluding hydrogens is 336 g/mol. The molecule has 0 amide bonds. The van der Waals surface area contributed by atoms with Crippen molar-refractivity contribution in [1.29, 1.82) is 0 Å². The minimum Gasteiger partial charge on any atom is -0.331 e. The molecule has 0 spiro atoms. The van der Waals surface area contributed by atoms with Crippen LogP contribution in [-0.4, -0.2) is 29.3 Å². The van der Waals surface area contributed by atoms with Crippen molar-refractivity contribution in [2.24, 2.45) is 7.05 Å². The SMILES string of the molecule is Cc1cc(-n2nc(C)nc2C)cc(C2CC2c2nc3ccccc3n2C)n1. The van der Waals surface area contributed by atoms with Crippen molar-refractivity contribution in [3.8, 4) is 5.69 Å². The first-order chi connectivity index (χ1) is 13.0. The molecule has 2 atom stereocenters. The van der Waals surface area contributed by atoms with Gasteiger partial charge in [0, 0.05) is 30.3 Å². The average molecular weight is 358 g/mol. The van der Waals surface area contributed by atoms with Gasteiger partial charge >= 0.3 is 0 Å². The second-order valence-corrected chi connectivity index (χ2v) is 7.48. The van der Waals surface area contributed by atoms with Crippen LogP contribution in [0.4, 0.5) is 0 Å². The number of para-hydroxylation sites is 2. The molecule has 0 radical (unpaired) electrons. The highest BCUT2D eigenvalue weighted by Crippen LogP contribution is 2.54. The summed E-state index contributed by atoms with van der Waals surface area (Å²) in [4.78, 5) is 14.1. The van der Waals surface area contributed by atoms with E-state index >= 15 is 0 Å². The highest BCUT2D eigenvalue weighted by atomic mass is 15.3. The first kappa shape index (κ1) is 16.2. The lowest BCUT2D eigenvalue weighted by atomic mass is 10.1. The van der Waals surface area contributed by atoms with Gasteiger partial charge in [-0.3, -0.25) is 4.98 Å². The first-order valence-corrected chi connectivity index (χ1v) is 9.32. The molecule has 1 fully saturated rings. The van der Waals surface area contributed by atoms with Crippen LogP contribution in [-0.2, 0) is 7.05 Å². The number of imidazole rings is 1. The van der Waals surface area contributed by atoms with E-state index in [9.17, 15) is 0 Å². The summed E-state index contributed by atoms with van der Waals surface area (Å²) in [7, 11) is 2.11. The van der Waals surface area contributed by atoms with Crippen molar-refractivity contribution < 1.29 is 0 Å². The van der Waals surface area contributed by atoms with Gasteiger partial charge in [-0.25, -0.2) is 14.6 Å². The Morgan fingerprint density at radius 1 is 0.963 bits per heavy atom. The zero-order chi connectivity index (χ0) is 18.7. The molecule has 5 rings (SSSR count). The molecule has 1 aromatic carbocycles. The number of hydrogen-bond acceptors (Lipinski definition) is 4. The van der Waals surface area contributed by atoms with Gasteiger partial charge in [0.1, 0.15) is 17.5 Å². The second-order valence-electron chi connectivity index (χ2n) is 7.48. The summed E-state index contributed by atoms with van der Waals surface area (Å²) in [5.41, 5.74) is 5.41. The van der Waals surface area contributed by atoms with Crippen molar-refractivity contribution in [1.82, 2.24) is 29.3 Å². The maximum atomic E-state index is 4.88. The fraction of sp³-hybridized carbons (Fsp3) is 0.333. The van der Waals surface area contributed by atoms with Crippen LogP contribution in [0.5, 0.6) is 0 Å². The minimum atomic E-state index is 0.407. The Balaban J connectivity index is 1.51. The Kier molecular flexibility index (Phi) is 3.44. The molecule has 136 valence electrons. The fourth-order valence-electron chi connectivity index (χ4n) is 4.06. The normalized spacial score (nSPS) is 19.0. The van der Waals surface area contributed by atoms with Crippen LogP contribution < -0.4 is 0 Å². The first-order valence-electron chi connectivity index (χ1n) is 9.32. The molecule has 3 aromatic heterocycles. The van der Waals surface area contributed by atoms with Crippen LogP contribution in [0.2, 0.25) is 0 Å². The molecule has 2 unspecified atom stereocenters. The van der Waals surface area contributed by atoms with E-state index in [2.05, 4.69) is 52.0 Å². The molecule has 4 aromatic rings. The number of fused-ring (bicyclic) bond motifs is 1. The number of aryl methyl sites for hydroxylation is 4. The number of pyridine rings is 1. The zero-order valence-electron chi connectivity index (χ0n) is 16.0. The van der Waals surface area contributed by atoms with Gasteiger partial charge in [0.05, 0.1) is 16.7 Å². The van der Waals surface area contributed by atoms with Crippen molar-refractivity contribution in [2.45, 2.75) is 39.0 Å². The molecule has 6 nitrogen and oxygen atoms in total. The number of rotatable bonds is 3. The Morgan fingerprint density at radius 2 is 1.78 bits per heavy atom. The van der Waals surface area contributed by atoms with E-state index < -0.39 is 0 Å². The van der Waals surface area contributed by atoms with Gasteiger partial charge in [0.15, 0.2) is 0 Å². The van der Waals surface area contributed by atoms with Gasteiger partial charge < -0.3 is 4.57 Å². The zero-order valence-corrected chi connectivity index (χ0v) is 16.0. The van der Waals surface area contributed by atoms with Gasteiger partial charge in [-0.2, -0.15) is 5.10 Å². The van der Waals surface area contributed by atoms with E-state index in [4.69, 9.17) is 9.97 Å². The molecule has 0 N–H and O–H groups in total. The Hall–Kier alpha value is -3.02. The molecule has 6 heteroatoms. The predicted octanol–water partition coefficient (Wildman–Crippen LogP) is 3.75. The summed E-state index contributed by atoms with van der Waals surface area (Å²) >= 11 is 0. The lowest BCUT2D eigenvalue weighted by Crippen LogP contribution is -2.03. The topological polar surface area (TPSA) is 61.4 Å². The van der Waals surface area contributed by atoms with Gasteiger partial charge in [-0.15, -0.1) is 0 Å². The minimum absolute atomic E-state index is 0.407. The Labute approximate surface area is 157 Å². The maximum absolute atomic E-state index is 4.88. The molecule has 1 saturated carbocycles. The molecule has 1 aliphatic carbocycles. The maximum Gasteiger partial charge on any atom is 0.148 e. The van der Waals surface area contributed by atoms with E-state index in [0.29, 0.717) is 11.8 Å². The largest absolute Gasteiger partial charge is 0.331 e. The summed E-state index contributed by atoms with van der Waals surface area (Å²) < 4.78 is 4.13. The predicted molar refractivity (Wildman–Crippen MR) is 104 cm³/mol. The monoisotopic (exact) mass is 358 g/mol. The van der Waals surface area contributed by atoms with Gasteiger partial charge in [0.2, 0.25) is 0 Å². The number of hydrogen-bond donors (Lipinski definition) is 0. The van der Waals surface area contributed by atoms with Crippen LogP contribution in [0, 0.1) is 20.8 Å². The Bertz CT molecular complexity index is 1170. The number of benzene rings is 1. The third-order valence-electron chi connectivity index (χ3n) is 5.40. The molecule has 0 saturated heterocycles. The van der Waals surface area contributed by atoms with E-state index in [0.717, 1.165) is 46.5 Å². The standard InChI is InChI=1S/C21H22N6/c1-12-9-15(27-14(3)23-13(2)25-27)10-19(22-12)16-11-17(16)21-24-18-7-5-6-8-20(18)26(21)4/h5-10,16-17H,11H2,1-4H3. The smallest absolute Gasteiger partial charge is 0.148 e. The summed E-state index contributed by atoms with van der Waals surface area (Å²) in [6.07, 6.45) is 1.09. The molecule has 0 bridgehead atoms. The number of nitrogens with zero attached hydrogens (tertiary/aromatic N) is 6. The molecule has 0 aliphatic heterocycles. The van der Waals surface area contributed by atoms with Crippen molar-refractivity contribution in [3.63, 3.8) is 0 Å². The molecule has 3 heterocycles. The highest BCUT2D eigenvalue weighted by molar-refractivity contribution is 5.76. The third-order valence-corrected chi connectivity index (χ3v) is 5.40. The third kappa shape index (κ3) is 2.63. The summed E-state index contributed by atoms with van der Waals surface area (Å²) in [6, 6.07) is 12.5. The summed E-state index contributed by atoms with van der Waals surface area (Å²) in [5, 5.41) is 4.52. The Morgan fingerprint density at radius 3 is 2.52 bits per heavy atom. The quantitative estimate of drug-likeness (QED) is 0.560. The van der Waals surface area contributed by atoms with Crippen LogP contribution in [0.1, 0.15) is 47.1 Å². The van der Waals surface area contributed by atoms with Gasteiger partial charge in [-0.1, -0.05) is 12.1 Å². The number of aromatic nitrogens is 6. The average Bonchev–Trinajstić information content (AvgIpc) is 3.27. The van der Waals surface area contributed by atoms with Crippen molar-refractivity contribution in [2.75, 3.05) is 0 Å². The molecule has 27 heavy (non-hydrogen) atoms. The molecule has 1 aliphatic rings. The van der Waals surface area contributed by atoms with E-state index in [1.54, 1.807) is 0 Å². The fourth-order valence-corrected chi connectivity index (χ4v) is 4.06. The second kappa shape index (κ2) is 5.74. The van der Waals surface area contributed by atoms with Gasteiger partial charge in [-0.05, 0) is 51.5 Å². The van der Waals surface area contributed by atoms with Gasteiger partial charge in [0.25, 0.3) is 0 Å². The van der Waals surface area contributed by atoms with Crippen molar-refractivity contribution in [3.05, 3.63) is 65.3 Å². The molecular formula is C21H22N6.